The molecule has 2 heterocycles. The number of pyridine rings is 1. The van der Waals surface area contributed by atoms with Gasteiger partial charge in [0.25, 0.3) is 0 Å². The number of aromatic nitrogens is 3. The Hall–Kier alpha value is -3.59. The normalized spacial score (nSPS) is 11.1. The largest absolute Gasteiger partial charge is 0.264 e. The summed E-state index contributed by atoms with van der Waals surface area (Å²) in [5, 5.41) is 3.39. The lowest BCUT2D eigenvalue weighted by atomic mass is 10.0. The van der Waals surface area contributed by atoms with E-state index in [1.54, 1.807) is 6.20 Å². The molecular formula is C23H15N3. The molecule has 0 fully saturated rings. The molecule has 0 saturated heterocycles. The Morgan fingerprint density at radius 2 is 1.46 bits per heavy atom. The van der Waals surface area contributed by atoms with Crippen molar-refractivity contribution in [1.29, 1.82) is 0 Å². The number of fused-ring (bicyclic) bond motifs is 3. The van der Waals surface area contributed by atoms with Gasteiger partial charge in [-0.2, -0.15) is 0 Å². The molecular weight excluding hydrogens is 318 g/mol. The molecule has 3 nitrogen and oxygen atoms in total. The lowest BCUT2D eigenvalue weighted by Gasteiger charge is -2.07. The van der Waals surface area contributed by atoms with Crippen LogP contribution in [0.4, 0.5) is 0 Å². The van der Waals surface area contributed by atoms with Gasteiger partial charge in [0, 0.05) is 40.5 Å². The minimum Gasteiger partial charge on any atom is -0.264 e. The lowest BCUT2D eigenvalue weighted by molar-refractivity contribution is 1.23. The van der Waals surface area contributed by atoms with E-state index in [2.05, 4.69) is 52.4 Å². The van der Waals surface area contributed by atoms with Gasteiger partial charge in [-0.05, 0) is 23.1 Å². The molecule has 5 rings (SSSR count). The number of hydrogen-bond acceptors (Lipinski definition) is 3. The predicted molar refractivity (Wildman–Crippen MR) is 106 cm³/mol. The number of benzene rings is 3. The first-order chi connectivity index (χ1) is 12.9. The fourth-order valence-electron chi connectivity index (χ4n) is 3.28. The smallest absolute Gasteiger partial charge is 0.159 e. The van der Waals surface area contributed by atoms with E-state index >= 15 is 0 Å². The average Bonchev–Trinajstić information content (AvgIpc) is 2.74. The molecule has 0 N–H and O–H groups in total. The highest BCUT2D eigenvalue weighted by atomic mass is 14.9. The fourth-order valence-corrected chi connectivity index (χ4v) is 3.28. The third-order valence-electron chi connectivity index (χ3n) is 4.59. The molecule has 0 unspecified atom stereocenters. The first-order valence-corrected chi connectivity index (χ1v) is 8.54. The summed E-state index contributed by atoms with van der Waals surface area (Å²) in [6.07, 6.45) is 5.56. The summed E-state index contributed by atoms with van der Waals surface area (Å²) in [5.41, 5.74) is 4.18. The Balaban J connectivity index is 1.69. The molecule has 0 atom stereocenters. The van der Waals surface area contributed by atoms with Crippen molar-refractivity contribution in [2.24, 2.45) is 0 Å². The third-order valence-corrected chi connectivity index (χ3v) is 4.59. The Kier molecular flexibility index (Phi) is 3.42. The minimum absolute atomic E-state index is 0.736. The van der Waals surface area contributed by atoms with Crippen LogP contribution in [-0.4, -0.2) is 15.0 Å². The van der Waals surface area contributed by atoms with Gasteiger partial charge in [0.05, 0.1) is 5.52 Å². The maximum absolute atomic E-state index is 4.88. The molecule has 26 heavy (non-hydrogen) atoms. The van der Waals surface area contributed by atoms with Crippen molar-refractivity contribution >= 4 is 21.7 Å². The molecule has 0 aliphatic rings. The van der Waals surface area contributed by atoms with Crippen molar-refractivity contribution in [1.82, 2.24) is 15.0 Å². The van der Waals surface area contributed by atoms with E-state index in [0.717, 1.165) is 38.8 Å². The van der Waals surface area contributed by atoms with Crippen molar-refractivity contribution in [2.45, 2.75) is 0 Å². The first-order valence-electron chi connectivity index (χ1n) is 8.54. The van der Waals surface area contributed by atoms with Crippen LogP contribution in [-0.2, 0) is 0 Å². The summed E-state index contributed by atoms with van der Waals surface area (Å²) in [7, 11) is 0. The summed E-state index contributed by atoms with van der Waals surface area (Å²) < 4.78 is 0. The van der Waals surface area contributed by atoms with E-state index in [1.807, 2.05) is 42.7 Å². The van der Waals surface area contributed by atoms with Gasteiger partial charge in [0.2, 0.25) is 0 Å². The molecule has 3 heteroatoms. The van der Waals surface area contributed by atoms with Crippen LogP contribution in [0.1, 0.15) is 0 Å². The Labute approximate surface area is 151 Å². The first kappa shape index (κ1) is 14.7. The summed E-state index contributed by atoms with van der Waals surface area (Å²) in [5.74, 6) is 0.736. The van der Waals surface area contributed by atoms with Gasteiger partial charge in [-0.15, -0.1) is 0 Å². The molecule has 0 amide bonds. The van der Waals surface area contributed by atoms with E-state index in [9.17, 15) is 0 Å². The third kappa shape index (κ3) is 2.50. The summed E-state index contributed by atoms with van der Waals surface area (Å²) in [6, 6.07) is 24.8. The van der Waals surface area contributed by atoms with Crippen LogP contribution in [0.25, 0.3) is 44.2 Å². The van der Waals surface area contributed by atoms with Crippen LogP contribution in [0.5, 0.6) is 0 Å². The molecule has 5 aromatic rings. The Morgan fingerprint density at radius 1 is 0.615 bits per heavy atom. The van der Waals surface area contributed by atoms with Crippen molar-refractivity contribution in [3.8, 4) is 22.5 Å². The average molecular weight is 333 g/mol. The second-order valence-electron chi connectivity index (χ2n) is 6.24. The molecule has 0 spiro atoms. The van der Waals surface area contributed by atoms with Gasteiger partial charge >= 0.3 is 0 Å². The summed E-state index contributed by atoms with van der Waals surface area (Å²) in [4.78, 5) is 13.7. The van der Waals surface area contributed by atoms with Crippen molar-refractivity contribution in [3.63, 3.8) is 0 Å². The van der Waals surface area contributed by atoms with Crippen LogP contribution in [0.15, 0.2) is 91.4 Å². The summed E-state index contributed by atoms with van der Waals surface area (Å²) in [6.45, 7) is 0. The molecule has 3 aromatic carbocycles. The molecule has 0 bridgehead atoms. The number of rotatable bonds is 2. The quantitative estimate of drug-likeness (QED) is 0.400. The zero-order valence-corrected chi connectivity index (χ0v) is 14.0. The van der Waals surface area contributed by atoms with E-state index < -0.39 is 0 Å². The fraction of sp³-hybridized carbons (Fsp3) is 0. The molecule has 0 saturated carbocycles. The minimum atomic E-state index is 0.736. The lowest BCUT2D eigenvalue weighted by Crippen LogP contribution is -1.91. The van der Waals surface area contributed by atoms with Crippen molar-refractivity contribution in [3.05, 3.63) is 91.4 Å². The van der Waals surface area contributed by atoms with Gasteiger partial charge < -0.3 is 0 Å². The van der Waals surface area contributed by atoms with E-state index in [1.165, 1.54) is 5.39 Å². The molecule has 122 valence electrons. The zero-order valence-electron chi connectivity index (χ0n) is 14.0. The van der Waals surface area contributed by atoms with Crippen molar-refractivity contribution in [2.75, 3.05) is 0 Å². The van der Waals surface area contributed by atoms with Crippen LogP contribution in [0.3, 0.4) is 0 Å². The number of hydrogen-bond donors (Lipinski definition) is 0. The summed E-state index contributed by atoms with van der Waals surface area (Å²) >= 11 is 0. The van der Waals surface area contributed by atoms with Crippen molar-refractivity contribution < 1.29 is 0 Å². The van der Waals surface area contributed by atoms with E-state index in [4.69, 9.17) is 4.98 Å². The van der Waals surface area contributed by atoms with Gasteiger partial charge in [-0.3, -0.25) is 4.98 Å². The van der Waals surface area contributed by atoms with E-state index in [0.29, 0.717) is 0 Å². The maximum atomic E-state index is 4.88. The van der Waals surface area contributed by atoms with E-state index in [-0.39, 0.29) is 0 Å². The highest BCUT2D eigenvalue weighted by Crippen LogP contribution is 2.27. The van der Waals surface area contributed by atoms with Crippen LogP contribution in [0, 0.1) is 0 Å². The molecule has 2 aromatic heterocycles. The molecule has 0 aliphatic heterocycles. The van der Waals surface area contributed by atoms with Crippen LogP contribution in [0.2, 0.25) is 0 Å². The molecule has 0 aliphatic carbocycles. The standard InChI is InChI=1S/C23H15N3/c1-2-9-21-16(5-1)10-11-20-15-25-23(26-22(20)21)18-7-3-6-17(13-18)19-8-4-12-24-14-19/h1-15H. The van der Waals surface area contributed by atoms with Gasteiger partial charge in [0.15, 0.2) is 5.82 Å². The highest BCUT2D eigenvalue weighted by Gasteiger charge is 2.07. The van der Waals surface area contributed by atoms with Gasteiger partial charge in [-0.25, -0.2) is 9.97 Å². The van der Waals surface area contributed by atoms with Crippen LogP contribution >= 0.6 is 0 Å². The maximum Gasteiger partial charge on any atom is 0.159 e. The monoisotopic (exact) mass is 333 g/mol. The van der Waals surface area contributed by atoms with Crippen LogP contribution < -0.4 is 0 Å². The highest BCUT2D eigenvalue weighted by molar-refractivity contribution is 6.05. The topological polar surface area (TPSA) is 38.7 Å². The van der Waals surface area contributed by atoms with Gasteiger partial charge in [-0.1, -0.05) is 60.7 Å². The SMILES string of the molecule is c1cncc(-c2cccc(-c3ncc4ccc5ccccc5c4n3)c2)c1. The second kappa shape index (κ2) is 6.05. The second-order valence-corrected chi connectivity index (χ2v) is 6.24. The van der Waals surface area contributed by atoms with Gasteiger partial charge in [0.1, 0.15) is 0 Å². The Morgan fingerprint density at radius 3 is 2.38 bits per heavy atom. The predicted octanol–water partition coefficient (Wildman–Crippen LogP) is 5.51. The molecule has 0 radical (unpaired) electrons. The number of nitrogens with zero attached hydrogens (tertiary/aromatic N) is 3. The zero-order chi connectivity index (χ0) is 17.3. The Bertz CT molecular complexity index is 1230.